The van der Waals surface area contributed by atoms with E-state index in [0.717, 1.165) is 0 Å². The minimum atomic E-state index is -3.26. The Bertz CT molecular complexity index is 507. The molecule has 0 bridgehead atoms. The van der Waals surface area contributed by atoms with Crippen molar-refractivity contribution < 1.29 is 23.1 Å². The summed E-state index contributed by atoms with van der Waals surface area (Å²) < 4.78 is 27.5. The lowest BCUT2D eigenvalue weighted by atomic mass is 10.1. The van der Waals surface area contributed by atoms with E-state index in [4.69, 9.17) is 14.8 Å². The topological polar surface area (TPSA) is 87.9 Å². The van der Waals surface area contributed by atoms with Crippen LogP contribution in [0.2, 0.25) is 0 Å². The van der Waals surface area contributed by atoms with Gasteiger partial charge in [-0.3, -0.25) is 4.57 Å². The summed E-state index contributed by atoms with van der Waals surface area (Å²) in [6.45, 7) is 4.02. The summed E-state index contributed by atoms with van der Waals surface area (Å²) in [5.74, 6) is -0.478. The van der Waals surface area contributed by atoms with Crippen LogP contribution in [-0.4, -0.2) is 26.3 Å². The van der Waals surface area contributed by atoms with Crippen molar-refractivity contribution in [2.24, 2.45) is 0 Å². The normalized spacial score (nSPS) is 11.3. The average Bonchev–Trinajstić information content (AvgIpc) is 2.41. The largest absolute Gasteiger partial charge is 0.465 e. The van der Waals surface area contributed by atoms with Crippen molar-refractivity contribution in [3.8, 4) is 0 Å². The molecular formula is C13H20NO5P. The predicted octanol–water partition coefficient (Wildman–Crippen LogP) is 2.82. The van der Waals surface area contributed by atoms with Gasteiger partial charge in [0.1, 0.15) is 0 Å². The summed E-state index contributed by atoms with van der Waals surface area (Å²) in [5.41, 5.74) is 7.16. The molecule has 1 rings (SSSR count). The number of nitrogens with two attached hydrogens (primary N) is 1. The molecule has 20 heavy (non-hydrogen) atoms. The highest BCUT2D eigenvalue weighted by atomic mass is 31.2. The number of methoxy groups -OCH3 is 1. The van der Waals surface area contributed by atoms with E-state index in [2.05, 4.69) is 4.74 Å². The molecule has 0 heterocycles. The van der Waals surface area contributed by atoms with Crippen LogP contribution in [-0.2, 0) is 24.5 Å². The van der Waals surface area contributed by atoms with E-state index < -0.39 is 13.6 Å². The first-order valence-corrected chi connectivity index (χ1v) is 8.03. The van der Waals surface area contributed by atoms with E-state index in [1.807, 2.05) is 0 Å². The number of hydrogen-bond donors (Lipinski definition) is 1. The van der Waals surface area contributed by atoms with Gasteiger partial charge < -0.3 is 19.5 Å². The van der Waals surface area contributed by atoms with Crippen molar-refractivity contribution in [1.29, 1.82) is 0 Å². The second-order valence-corrected chi connectivity index (χ2v) is 6.06. The quantitative estimate of drug-likeness (QED) is 0.473. The van der Waals surface area contributed by atoms with Crippen LogP contribution in [0, 0.1) is 0 Å². The lowest BCUT2D eigenvalue weighted by molar-refractivity contribution is 0.0600. The molecule has 0 spiro atoms. The SMILES string of the molecule is CCOP(=O)(Cc1cc(C(=O)OC)ccc1N)OCC. The number of carbonyl (C=O) groups excluding carboxylic acids is 1. The van der Waals surface area contributed by atoms with Crippen LogP contribution < -0.4 is 5.73 Å². The molecule has 0 aliphatic carbocycles. The summed E-state index contributed by atoms with van der Waals surface area (Å²) in [6, 6.07) is 4.67. The van der Waals surface area contributed by atoms with Crippen LogP contribution >= 0.6 is 7.60 Å². The number of nitrogen functional groups attached to an aromatic ring is 1. The van der Waals surface area contributed by atoms with Crippen molar-refractivity contribution in [3.05, 3.63) is 29.3 Å². The Morgan fingerprint density at radius 3 is 2.35 bits per heavy atom. The monoisotopic (exact) mass is 301 g/mol. The second kappa shape index (κ2) is 7.43. The number of esters is 1. The van der Waals surface area contributed by atoms with E-state index in [-0.39, 0.29) is 19.4 Å². The molecule has 7 heteroatoms. The number of benzene rings is 1. The van der Waals surface area contributed by atoms with Crippen LogP contribution in [0.25, 0.3) is 0 Å². The Labute approximate surface area is 118 Å². The fraction of sp³-hybridized carbons (Fsp3) is 0.462. The van der Waals surface area contributed by atoms with Gasteiger partial charge in [0.25, 0.3) is 0 Å². The standard InChI is InChI=1S/C13H20NO5P/c1-4-18-20(16,19-5-2)9-11-8-10(13(15)17-3)6-7-12(11)14/h6-8H,4-5,9,14H2,1-3H3. The Morgan fingerprint density at radius 2 is 1.85 bits per heavy atom. The third-order valence-corrected chi connectivity index (χ3v) is 4.61. The molecule has 1 aromatic rings. The Hall–Kier alpha value is -1.36. The van der Waals surface area contributed by atoms with Gasteiger partial charge in [0.2, 0.25) is 0 Å². The van der Waals surface area contributed by atoms with Crippen molar-refractivity contribution in [2.45, 2.75) is 20.0 Å². The zero-order valence-electron chi connectivity index (χ0n) is 11.9. The molecule has 0 fully saturated rings. The second-order valence-electron chi connectivity index (χ2n) is 4.01. The highest BCUT2D eigenvalue weighted by molar-refractivity contribution is 7.53. The molecule has 0 aliphatic rings. The van der Waals surface area contributed by atoms with Crippen LogP contribution in [0.4, 0.5) is 5.69 Å². The molecule has 6 nitrogen and oxygen atoms in total. The molecule has 0 atom stereocenters. The van der Waals surface area contributed by atoms with Crippen molar-refractivity contribution >= 4 is 19.3 Å². The average molecular weight is 301 g/mol. The highest BCUT2D eigenvalue weighted by Gasteiger charge is 2.25. The Kier molecular flexibility index (Phi) is 6.20. The fourth-order valence-electron chi connectivity index (χ4n) is 1.72. The van der Waals surface area contributed by atoms with Gasteiger partial charge in [-0.15, -0.1) is 0 Å². The number of rotatable bonds is 7. The van der Waals surface area contributed by atoms with Gasteiger partial charge in [0.15, 0.2) is 0 Å². The maximum atomic E-state index is 12.5. The van der Waals surface area contributed by atoms with Gasteiger partial charge in [0, 0.05) is 5.69 Å². The molecule has 0 aliphatic heterocycles. The van der Waals surface area contributed by atoms with Gasteiger partial charge >= 0.3 is 13.6 Å². The summed E-state index contributed by atoms with van der Waals surface area (Å²) in [4.78, 5) is 11.5. The molecule has 112 valence electrons. The number of hydrogen-bond acceptors (Lipinski definition) is 6. The van der Waals surface area contributed by atoms with Crippen molar-refractivity contribution in [1.82, 2.24) is 0 Å². The summed E-state index contributed by atoms with van der Waals surface area (Å²) in [7, 11) is -1.96. The maximum Gasteiger partial charge on any atom is 0.337 e. The smallest absolute Gasteiger partial charge is 0.337 e. The first-order valence-electron chi connectivity index (χ1n) is 6.30. The Balaban J connectivity index is 3.05. The molecule has 2 N–H and O–H groups in total. The summed E-state index contributed by atoms with van der Waals surface area (Å²) in [6.07, 6.45) is 0.0192. The van der Waals surface area contributed by atoms with E-state index in [0.29, 0.717) is 16.8 Å². The lowest BCUT2D eigenvalue weighted by Gasteiger charge is -2.18. The molecule has 0 amide bonds. The first kappa shape index (κ1) is 16.7. The van der Waals surface area contributed by atoms with E-state index in [1.165, 1.54) is 7.11 Å². The van der Waals surface area contributed by atoms with E-state index in [9.17, 15) is 9.36 Å². The molecule has 0 saturated heterocycles. The molecule has 1 aromatic carbocycles. The minimum absolute atomic E-state index is 0.0192. The van der Waals surface area contributed by atoms with Crippen molar-refractivity contribution in [2.75, 3.05) is 26.1 Å². The van der Waals surface area contributed by atoms with Gasteiger partial charge in [0.05, 0.1) is 32.0 Å². The van der Waals surface area contributed by atoms with Gasteiger partial charge in [-0.2, -0.15) is 0 Å². The highest BCUT2D eigenvalue weighted by Crippen LogP contribution is 2.52. The number of ether oxygens (including phenoxy) is 1. The van der Waals surface area contributed by atoms with Crippen LogP contribution in [0.1, 0.15) is 29.8 Å². The van der Waals surface area contributed by atoms with Crippen molar-refractivity contribution in [3.63, 3.8) is 0 Å². The first-order chi connectivity index (χ1) is 9.45. The fourth-order valence-corrected chi connectivity index (χ4v) is 3.45. The zero-order chi connectivity index (χ0) is 15.2. The van der Waals surface area contributed by atoms with Crippen LogP contribution in [0.5, 0.6) is 0 Å². The summed E-state index contributed by atoms with van der Waals surface area (Å²) in [5, 5.41) is 0. The third-order valence-electron chi connectivity index (χ3n) is 2.58. The van der Waals surface area contributed by atoms with Crippen LogP contribution in [0.3, 0.4) is 0 Å². The molecule has 0 saturated carbocycles. The summed E-state index contributed by atoms with van der Waals surface area (Å²) >= 11 is 0. The van der Waals surface area contributed by atoms with E-state index >= 15 is 0 Å². The lowest BCUT2D eigenvalue weighted by Crippen LogP contribution is -2.06. The predicted molar refractivity (Wildman–Crippen MR) is 76.8 cm³/mol. The number of anilines is 1. The van der Waals surface area contributed by atoms with Crippen LogP contribution in [0.15, 0.2) is 18.2 Å². The Morgan fingerprint density at radius 1 is 1.25 bits per heavy atom. The van der Waals surface area contributed by atoms with Gasteiger partial charge in [-0.05, 0) is 37.6 Å². The van der Waals surface area contributed by atoms with Gasteiger partial charge in [-0.25, -0.2) is 4.79 Å². The minimum Gasteiger partial charge on any atom is -0.465 e. The molecule has 0 radical (unpaired) electrons. The molecule has 0 unspecified atom stereocenters. The molecule has 0 aromatic heterocycles. The number of carbonyl (C=O) groups is 1. The zero-order valence-corrected chi connectivity index (χ0v) is 12.8. The third kappa shape index (κ3) is 4.34. The molecular weight excluding hydrogens is 281 g/mol. The maximum absolute atomic E-state index is 12.5. The van der Waals surface area contributed by atoms with Gasteiger partial charge in [-0.1, -0.05) is 0 Å². The van der Waals surface area contributed by atoms with E-state index in [1.54, 1.807) is 32.0 Å².